The third-order valence-electron chi connectivity index (χ3n) is 3.28. The molecule has 1 aliphatic rings. The topological polar surface area (TPSA) is 103 Å². The average Bonchev–Trinajstić information content (AvgIpc) is 3.02. The summed E-state index contributed by atoms with van der Waals surface area (Å²) in [4.78, 5) is 16.1. The van der Waals surface area contributed by atoms with E-state index in [1.54, 1.807) is 35.1 Å². The summed E-state index contributed by atoms with van der Waals surface area (Å²) in [5, 5.41) is 3.46. The maximum Gasteiger partial charge on any atom is 0.447 e. The molecule has 2 aromatic rings. The van der Waals surface area contributed by atoms with Crippen molar-refractivity contribution in [2.24, 2.45) is 5.16 Å². The summed E-state index contributed by atoms with van der Waals surface area (Å²) in [6.07, 6.45) is 0.0395. The fraction of sp³-hybridized carbons (Fsp3) is 0.125. The van der Waals surface area contributed by atoms with Crippen molar-refractivity contribution in [3.05, 3.63) is 53.6 Å². The third kappa shape index (κ3) is 4.07. The van der Waals surface area contributed by atoms with Crippen molar-refractivity contribution in [2.75, 3.05) is 6.79 Å². The van der Waals surface area contributed by atoms with Gasteiger partial charge < -0.3 is 9.47 Å². The zero-order valence-corrected chi connectivity index (χ0v) is 13.9. The zero-order chi connectivity index (χ0) is 17.9. The molecular formula is C16H14N2O6S. The van der Waals surface area contributed by atoms with Crippen LogP contribution >= 0.6 is 0 Å². The van der Waals surface area contributed by atoms with Crippen LogP contribution in [0.3, 0.4) is 0 Å². The Balaban J connectivity index is 1.60. The van der Waals surface area contributed by atoms with E-state index < -0.39 is 16.1 Å². The standard InChI is InChI=1S/C16H14N2O6S/c1-11-2-5-13(6-3-11)25(20,21)18-16(19)24-17-9-12-4-7-14-15(8-12)23-10-22-14/h2-9H,10H2,1H3,(H,18,19). The highest BCUT2D eigenvalue weighted by Gasteiger charge is 2.18. The summed E-state index contributed by atoms with van der Waals surface area (Å²) < 4.78 is 36.2. The van der Waals surface area contributed by atoms with Crippen LogP contribution < -0.4 is 14.2 Å². The van der Waals surface area contributed by atoms with E-state index in [1.165, 1.54) is 18.3 Å². The number of carbonyl (C=O) groups excluding carboxylic acids is 1. The van der Waals surface area contributed by atoms with Gasteiger partial charge in [-0.05, 0) is 37.3 Å². The Morgan fingerprint density at radius 1 is 1.16 bits per heavy atom. The van der Waals surface area contributed by atoms with Gasteiger partial charge in [-0.25, -0.2) is 17.9 Å². The van der Waals surface area contributed by atoms with E-state index in [1.807, 2.05) is 6.92 Å². The third-order valence-corrected chi connectivity index (χ3v) is 4.61. The SMILES string of the molecule is Cc1ccc(S(=O)(=O)NC(=O)ON=Cc2ccc3c(c2)OCO3)cc1. The summed E-state index contributed by atoms with van der Waals surface area (Å²) >= 11 is 0. The largest absolute Gasteiger partial charge is 0.454 e. The molecule has 0 radical (unpaired) electrons. The Labute approximate surface area is 144 Å². The summed E-state index contributed by atoms with van der Waals surface area (Å²) in [7, 11) is -4.01. The molecular weight excluding hydrogens is 348 g/mol. The number of carbonyl (C=O) groups is 1. The zero-order valence-electron chi connectivity index (χ0n) is 13.1. The number of nitrogens with one attached hydrogen (secondary N) is 1. The van der Waals surface area contributed by atoms with Crippen molar-refractivity contribution in [3.63, 3.8) is 0 Å². The van der Waals surface area contributed by atoms with Gasteiger partial charge in [-0.3, -0.25) is 4.84 Å². The number of rotatable bonds is 4. The number of aryl methyl sites for hydroxylation is 1. The number of fused-ring (bicyclic) bond motifs is 1. The quantitative estimate of drug-likeness (QED) is 0.508. The van der Waals surface area contributed by atoms with Gasteiger partial charge in [0.15, 0.2) is 11.5 Å². The summed E-state index contributed by atoms with van der Waals surface area (Å²) in [5.74, 6) is 1.16. The Hall–Kier alpha value is -3.07. The highest BCUT2D eigenvalue weighted by Crippen LogP contribution is 2.31. The predicted octanol–water partition coefficient (Wildman–Crippen LogP) is 2.17. The molecule has 1 heterocycles. The summed E-state index contributed by atoms with van der Waals surface area (Å²) in [6.45, 7) is 1.97. The van der Waals surface area contributed by atoms with Crippen LogP contribution in [0.15, 0.2) is 52.5 Å². The lowest BCUT2D eigenvalue weighted by molar-refractivity contribution is 0.158. The van der Waals surface area contributed by atoms with E-state index in [4.69, 9.17) is 9.47 Å². The molecule has 8 nitrogen and oxygen atoms in total. The van der Waals surface area contributed by atoms with Crippen LogP contribution in [0, 0.1) is 6.92 Å². The number of nitrogens with zero attached hydrogens (tertiary/aromatic N) is 1. The minimum atomic E-state index is -4.01. The molecule has 25 heavy (non-hydrogen) atoms. The molecule has 0 saturated heterocycles. The first-order chi connectivity index (χ1) is 11.9. The molecule has 9 heteroatoms. The first-order valence-corrected chi connectivity index (χ1v) is 8.66. The van der Waals surface area contributed by atoms with Crippen molar-refractivity contribution in [1.82, 2.24) is 4.72 Å². The Morgan fingerprint density at radius 2 is 1.88 bits per heavy atom. The van der Waals surface area contributed by atoms with E-state index in [0.717, 1.165) is 5.56 Å². The lowest BCUT2D eigenvalue weighted by Crippen LogP contribution is -2.30. The first kappa shape index (κ1) is 16.8. The van der Waals surface area contributed by atoms with Crippen LogP contribution in [0.4, 0.5) is 4.79 Å². The molecule has 0 unspecified atom stereocenters. The fourth-order valence-corrected chi connectivity index (χ4v) is 2.90. The summed E-state index contributed by atoms with van der Waals surface area (Å²) in [6, 6.07) is 11.0. The van der Waals surface area contributed by atoms with Gasteiger partial charge in [-0.15, -0.1) is 0 Å². The number of ether oxygens (including phenoxy) is 2. The second-order valence-corrected chi connectivity index (χ2v) is 6.83. The molecule has 0 bridgehead atoms. The molecule has 2 aromatic carbocycles. The maximum absolute atomic E-state index is 12.0. The molecule has 130 valence electrons. The lowest BCUT2D eigenvalue weighted by Gasteiger charge is -2.05. The van der Waals surface area contributed by atoms with Crippen molar-refractivity contribution >= 4 is 22.3 Å². The summed E-state index contributed by atoms with van der Waals surface area (Å²) in [5.41, 5.74) is 1.49. The highest BCUT2D eigenvalue weighted by molar-refractivity contribution is 7.90. The molecule has 0 aliphatic carbocycles. The molecule has 0 saturated carbocycles. The number of benzene rings is 2. The van der Waals surface area contributed by atoms with Crippen LogP contribution in [0.1, 0.15) is 11.1 Å². The van der Waals surface area contributed by atoms with Gasteiger partial charge >= 0.3 is 6.09 Å². The number of oxime groups is 1. The van der Waals surface area contributed by atoms with Crippen LogP contribution in [-0.2, 0) is 14.9 Å². The molecule has 0 fully saturated rings. The predicted molar refractivity (Wildman–Crippen MR) is 88.1 cm³/mol. The van der Waals surface area contributed by atoms with E-state index in [2.05, 4.69) is 9.99 Å². The van der Waals surface area contributed by atoms with Crippen LogP contribution in [-0.4, -0.2) is 27.5 Å². The van der Waals surface area contributed by atoms with Gasteiger partial charge in [0.25, 0.3) is 10.0 Å². The number of amides is 1. The van der Waals surface area contributed by atoms with Gasteiger partial charge in [0.1, 0.15) is 0 Å². The van der Waals surface area contributed by atoms with Gasteiger partial charge in [0.2, 0.25) is 6.79 Å². The van der Waals surface area contributed by atoms with Crippen molar-refractivity contribution in [2.45, 2.75) is 11.8 Å². The van der Waals surface area contributed by atoms with Gasteiger partial charge in [-0.1, -0.05) is 22.9 Å². The van der Waals surface area contributed by atoms with Crippen molar-refractivity contribution < 1.29 is 27.5 Å². The van der Waals surface area contributed by atoms with Crippen LogP contribution in [0.2, 0.25) is 0 Å². The van der Waals surface area contributed by atoms with E-state index in [-0.39, 0.29) is 11.7 Å². The van der Waals surface area contributed by atoms with Gasteiger partial charge in [0.05, 0.1) is 11.1 Å². The smallest absolute Gasteiger partial charge is 0.447 e. The second-order valence-electron chi connectivity index (χ2n) is 5.14. The normalized spacial score (nSPS) is 13.0. The number of sulfonamides is 1. The Morgan fingerprint density at radius 3 is 2.64 bits per heavy atom. The van der Waals surface area contributed by atoms with Gasteiger partial charge in [-0.2, -0.15) is 0 Å². The monoisotopic (exact) mass is 362 g/mol. The van der Waals surface area contributed by atoms with Crippen LogP contribution in [0.25, 0.3) is 0 Å². The number of hydrogen-bond donors (Lipinski definition) is 1. The first-order valence-electron chi connectivity index (χ1n) is 7.17. The van der Waals surface area contributed by atoms with E-state index in [0.29, 0.717) is 17.1 Å². The maximum atomic E-state index is 12.0. The highest BCUT2D eigenvalue weighted by atomic mass is 32.2. The molecule has 0 atom stereocenters. The minimum absolute atomic E-state index is 0.0465. The van der Waals surface area contributed by atoms with E-state index >= 15 is 0 Å². The van der Waals surface area contributed by atoms with Crippen molar-refractivity contribution in [3.8, 4) is 11.5 Å². The fourth-order valence-electron chi connectivity index (χ4n) is 2.03. The molecule has 3 rings (SSSR count). The second kappa shape index (κ2) is 6.81. The number of hydrogen-bond acceptors (Lipinski definition) is 7. The molecule has 1 aliphatic heterocycles. The van der Waals surface area contributed by atoms with Crippen LogP contribution in [0.5, 0.6) is 11.5 Å². The average molecular weight is 362 g/mol. The van der Waals surface area contributed by atoms with Gasteiger partial charge in [0, 0.05) is 5.56 Å². The van der Waals surface area contributed by atoms with E-state index in [9.17, 15) is 13.2 Å². The molecule has 0 spiro atoms. The van der Waals surface area contributed by atoms with Crippen molar-refractivity contribution in [1.29, 1.82) is 0 Å². The molecule has 1 amide bonds. The molecule has 1 N–H and O–H groups in total. The Kier molecular flexibility index (Phi) is 4.57. The lowest BCUT2D eigenvalue weighted by atomic mass is 10.2. The minimum Gasteiger partial charge on any atom is -0.454 e. The molecule has 0 aromatic heterocycles. The Bertz CT molecular complexity index is 922.